The van der Waals surface area contributed by atoms with E-state index in [1.807, 2.05) is 0 Å². The highest BCUT2D eigenvalue weighted by molar-refractivity contribution is 5.88. The third-order valence-electron chi connectivity index (χ3n) is 3.54. The molecule has 0 fully saturated rings. The molecule has 108 valence electrons. The fourth-order valence-corrected chi connectivity index (χ4v) is 2.42. The number of rotatable bonds is 3. The number of carbonyl (C=O) groups is 1. The van der Waals surface area contributed by atoms with Gasteiger partial charge in [-0.25, -0.2) is 9.18 Å². The van der Waals surface area contributed by atoms with E-state index in [2.05, 4.69) is 6.07 Å². The first-order valence-corrected chi connectivity index (χ1v) is 6.58. The fourth-order valence-electron chi connectivity index (χ4n) is 2.42. The largest absolute Gasteiger partial charge is 0.478 e. The van der Waals surface area contributed by atoms with Crippen LogP contribution < -0.4 is 0 Å². The number of hydrogen-bond acceptors (Lipinski definition) is 2. The summed E-state index contributed by atoms with van der Waals surface area (Å²) < 4.78 is 14.6. The molecule has 0 unspecified atom stereocenters. The summed E-state index contributed by atoms with van der Waals surface area (Å²) in [5, 5.41) is 18.2. The summed E-state index contributed by atoms with van der Waals surface area (Å²) in [7, 11) is 0. The van der Waals surface area contributed by atoms with Crippen LogP contribution in [0.4, 0.5) is 4.39 Å². The molecule has 0 aliphatic rings. The van der Waals surface area contributed by atoms with Crippen LogP contribution in [0.15, 0.2) is 48.7 Å². The number of benzene rings is 1. The van der Waals surface area contributed by atoms with Crippen LogP contribution >= 0.6 is 0 Å². The molecule has 2 heterocycles. The van der Waals surface area contributed by atoms with Crippen LogP contribution in [-0.2, 0) is 6.67 Å². The molecule has 5 heteroatoms. The number of nitriles is 1. The molecule has 0 aliphatic heterocycles. The van der Waals surface area contributed by atoms with E-state index in [0.29, 0.717) is 16.6 Å². The Morgan fingerprint density at radius 3 is 2.55 bits per heavy atom. The minimum absolute atomic E-state index is 0.199. The molecule has 0 bridgehead atoms. The molecule has 0 aliphatic carbocycles. The molecule has 3 aromatic rings. The number of alkyl halides is 1. The van der Waals surface area contributed by atoms with Gasteiger partial charge in [-0.05, 0) is 41.5 Å². The van der Waals surface area contributed by atoms with Gasteiger partial charge in [-0.15, -0.1) is 0 Å². The van der Waals surface area contributed by atoms with E-state index >= 15 is 0 Å². The molecule has 0 atom stereocenters. The highest BCUT2D eigenvalue weighted by Gasteiger charge is 2.12. The molecule has 4 nitrogen and oxygen atoms in total. The molecule has 1 aromatic carbocycles. The number of pyridine rings is 1. The lowest BCUT2D eigenvalue weighted by Crippen LogP contribution is -1.95. The summed E-state index contributed by atoms with van der Waals surface area (Å²) in [5.41, 5.74) is 3.34. The van der Waals surface area contributed by atoms with E-state index in [4.69, 9.17) is 5.11 Å². The van der Waals surface area contributed by atoms with Crippen LogP contribution in [0.2, 0.25) is 0 Å². The third-order valence-corrected chi connectivity index (χ3v) is 3.54. The first-order valence-electron chi connectivity index (χ1n) is 6.58. The van der Waals surface area contributed by atoms with Crippen molar-refractivity contribution in [3.8, 4) is 17.3 Å². The molecule has 0 spiro atoms. The van der Waals surface area contributed by atoms with Crippen molar-refractivity contribution in [2.75, 3.05) is 0 Å². The van der Waals surface area contributed by atoms with Gasteiger partial charge in [-0.1, -0.05) is 12.1 Å². The van der Waals surface area contributed by atoms with Crippen molar-refractivity contribution in [3.63, 3.8) is 0 Å². The van der Waals surface area contributed by atoms with Gasteiger partial charge >= 0.3 is 5.97 Å². The summed E-state index contributed by atoms with van der Waals surface area (Å²) in [4.78, 5) is 10.9. The van der Waals surface area contributed by atoms with E-state index in [1.165, 1.54) is 12.1 Å². The zero-order valence-corrected chi connectivity index (χ0v) is 11.5. The Morgan fingerprint density at radius 2 is 1.95 bits per heavy atom. The lowest BCUT2D eigenvalue weighted by atomic mass is 10.1. The van der Waals surface area contributed by atoms with Gasteiger partial charge in [-0.2, -0.15) is 5.26 Å². The standard InChI is InChI=1S/C17H11FN2O2/c18-9-11-5-6-20-15(7-11)14(10-19)8-16(20)12-1-3-13(4-2-12)17(21)22/h1-8H,9H2,(H,21,22). The number of carboxylic acids is 1. The number of halogens is 1. The van der Waals surface area contributed by atoms with E-state index in [-0.39, 0.29) is 5.56 Å². The van der Waals surface area contributed by atoms with Gasteiger partial charge in [0.05, 0.1) is 22.3 Å². The van der Waals surface area contributed by atoms with Gasteiger partial charge in [0.25, 0.3) is 0 Å². The second kappa shape index (κ2) is 5.34. The van der Waals surface area contributed by atoms with Crippen LogP contribution in [0.5, 0.6) is 0 Å². The van der Waals surface area contributed by atoms with Crippen molar-refractivity contribution >= 4 is 11.5 Å². The fraction of sp³-hybridized carbons (Fsp3) is 0.0588. The number of hydrogen-bond donors (Lipinski definition) is 1. The Balaban J connectivity index is 2.19. The van der Waals surface area contributed by atoms with Crippen molar-refractivity contribution in [2.24, 2.45) is 0 Å². The Bertz CT molecular complexity index is 905. The monoisotopic (exact) mass is 294 g/mol. The second-order valence-corrected chi connectivity index (χ2v) is 4.86. The Morgan fingerprint density at radius 1 is 1.23 bits per heavy atom. The summed E-state index contributed by atoms with van der Waals surface area (Å²) in [5.74, 6) is -0.989. The first kappa shape index (κ1) is 13.8. The number of fused-ring (bicyclic) bond motifs is 1. The lowest BCUT2D eigenvalue weighted by molar-refractivity contribution is 0.0697. The first-order chi connectivity index (χ1) is 10.6. The number of aromatic nitrogens is 1. The van der Waals surface area contributed by atoms with Crippen molar-refractivity contribution in [3.05, 3.63) is 65.4 Å². The van der Waals surface area contributed by atoms with Crippen molar-refractivity contribution < 1.29 is 14.3 Å². The van der Waals surface area contributed by atoms with Gasteiger partial charge in [0.15, 0.2) is 0 Å². The minimum atomic E-state index is -0.989. The maximum Gasteiger partial charge on any atom is 0.335 e. The number of nitrogens with zero attached hydrogens (tertiary/aromatic N) is 2. The number of carboxylic acid groups (broad SMARTS) is 1. The lowest BCUT2D eigenvalue weighted by Gasteiger charge is -2.05. The van der Waals surface area contributed by atoms with Crippen LogP contribution in [0.1, 0.15) is 21.5 Å². The van der Waals surface area contributed by atoms with Crippen LogP contribution in [0, 0.1) is 11.3 Å². The molecule has 0 radical (unpaired) electrons. The summed E-state index contributed by atoms with van der Waals surface area (Å²) in [6.07, 6.45) is 1.71. The smallest absolute Gasteiger partial charge is 0.335 e. The van der Waals surface area contributed by atoms with E-state index < -0.39 is 12.6 Å². The molecular formula is C17H11FN2O2. The number of aromatic carboxylic acids is 1. The van der Waals surface area contributed by atoms with Gasteiger partial charge in [0, 0.05) is 6.20 Å². The maximum absolute atomic E-state index is 12.8. The molecule has 2 aromatic heterocycles. The third kappa shape index (κ3) is 2.21. The van der Waals surface area contributed by atoms with E-state index in [9.17, 15) is 14.4 Å². The Labute approximate surface area is 125 Å². The summed E-state index contributed by atoms with van der Waals surface area (Å²) in [6.45, 7) is -0.588. The average molecular weight is 294 g/mol. The zero-order valence-electron chi connectivity index (χ0n) is 11.5. The predicted octanol–water partition coefficient (Wildman–Crippen LogP) is 3.65. The molecule has 0 saturated carbocycles. The molecule has 22 heavy (non-hydrogen) atoms. The highest BCUT2D eigenvalue weighted by Crippen LogP contribution is 2.27. The van der Waals surface area contributed by atoms with Crippen LogP contribution in [-0.4, -0.2) is 15.5 Å². The van der Waals surface area contributed by atoms with Gasteiger partial charge in [0.1, 0.15) is 12.7 Å². The molecule has 3 rings (SSSR count). The predicted molar refractivity (Wildman–Crippen MR) is 79.3 cm³/mol. The minimum Gasteiger partial charge on any atom is -0.478 e. The van der Waals surface area contributed by atoms with Gasteiger partial charge < -0.3 is 9.51 Å². The second-order valence-electron chi connectivity index (χ2n) is 4.86. The Hall–Kier alpha value is -3.13. The topological polar surface area (TPSA) is 65.5 Å². The normalized spacial score (nSPS) is 10.5. The van der Waals surface area contributed by atoms with Gasteiger partial charge in [-0.3, -0.25) is 0 Å². The van der Waals surface area contributed by atoms with Crippen LogP contribution in [0.25, 0.3) is 16.8 Å². The van der Waals surface area contributed by atoms with Crippen molar-refractivity contribution in [1.29, 1.82) is 5.26 Å². The Kier molecular flexibility index (Phi) is 3.36. The summed E-state index contributed by atoms with van der Waals surface area (Å²) >= 11 is 0. The summed E-state index contributed by atoms with van der Waals surface area (Å²) in [6, 6.07) is 13.5. The molecular weight excluding hydrogens is 283 g/mol. The maximum atomic E-state index is 12.8. The van der Waals surface area contributed by atoms with Crippen molar-refractivity contribution in [2.45, 2.75) is 6.67 Å². The quantitative estimate of drug-likeness (QED) is 0.802. The van der Waals surface area contributed by atoms with E-state index in [0.717, 1.165) is 11.3 Å². The highest BCUT2D eigenvalue weighted by atomic mass is 19.1. The van der Waals surface area contributed by atoms with E-state index in [1.54, 1.807) is 40.9 Å². The van der Waals surface area contributed by atoms with Crippen LogP contribution in [0.3, 0.4) is 0 Å². The molecule has 1 N–H and O–H groups in total. The average Bonchev–Trinajstić information content (AvgIpc) is 2.92. The SMILES string of the molecule is N#Cc1cc(-c2ccc(C(=O)O)cc2)n2ccc(CF)cc12. The molecule has 0 saturated heterocycles. The zero-order chi connectivity index (χ0) is 15.7. The molecule has 0 amide bonds. The van der Waals surface area contributed by atoms with Gasteiger partial charge in [0.2, 0.25) is 0 Å². The van der Waals surface area contributed by atoms with Crippen molar-refractivity contribution in [1.82, 2.24) is 4.40 Å².